The average molecular weight is 246 g/mol. The van der Waals surface area contributed by atoms with Crippen molar-refractivity contribution in [1.82, 2.24) is 0 Å². The first-order chi connectivity index (χ1) is 8.31. The number of hydrogen-bond acceptors (Lipinski definition) is 1. The van der Waals surface area contributed by atoms with Crippen LogP contribution >= 0.6 is 11.6 Å². The van der Waals surface area contributed by atoms with Crippen LogP contribution in [-0.4, -0.2) is 0 Å². The number of para-hydroxylation sites is 1. The maximum atomic E-state index is 6.32. The number of nitrogens with one attached hydrogen (secondary N) is 1. The van der Waals surface area contributed by atoms with E-state index in [-0.39, 0.29) is 0 Å². The number of halogens is 1. The van der Waals surface area contributed by atoms with Crippen LogP contribution in [-0.2, 0) is 0 Å². The Kier molecular flexibility index (Phi) is 4.05. The molecule has 0 aliphatic heterocycles. The number of allylic oxidation sites excluding steroid dienone is 4. The molecule has 0 amide bonds. The maximum absolute atomic E-state index is 6.32. The lowest BCUT2D eigenvalue weighted by Gasteiger charge is -2.17. The molecule has 17 heavy (non-hydrogen) atoms. The van der Waals surface area contributed by atoms with Crippen LogP contribution < -0.4 is 5.32 Å². The van der Waals surface area contributed by atoms with Crippen LogP contribution in [0.25, 0.3) is 0 Å². The largest absolute Gasteiger partial charge is 0.361 e. The molecule has 0 aromatic heterocycles. The zero-order valence-corrected chi connectivity index (χ0v) is 10.5. The fraction of sp³-hybridized carbons (Fsp3) is 0.200. The van der Waals surface area contributed by atoms with Crippen molar-refractivity contribution in [1.29, 1.82) is 0 Å². The smallest absolute Gasteiger partial charge is 0.0484 e. The lowest BCUT2D eigenvalue weighted by Crippen LogP contribution is -2.00. The number of benzene rings is 1. The van der Waals surface area contributed by atoms with Gasteiger partial charge in [0.05, 0.1) is 0 Å². The van der Waals surface area contributed by atoms with Crippen molar-refractivity contribution in [3.05, 3.63) is 65.4 Å². The Hall–Kier alpha value is -1.47. The molecule has 1 aliphatic carbocycles. The van der Waals surface area contributed by atoms with Gasteiger partial charge in [0.2, 0.25) is 0 Å². The van der Waals surface area contributed by atoms with E-state index in [4.69, 9.17) is 11.6 Å². The maximum Gasteiger partial charge on any atom is 0.0484 e. The molecule has 2 heteroatoms. The van der Waals surface area contributed by atoms with E-state index in [9.17, 15) is 0 Å². The molecular formula is C15H16ClN. The summed E-state index contributed by atoms with van der Waals surface area (Å²) in [6.07, 6.45) is 7.05. The molecule has 0 heterocycles. The first-order valence-corrected chi connectivity index (χ1v) is 6.21. The first kappa shape index (κ1) is 12.0. The van der Waals surface area contributed by atoms with Crippen molar-refractivity contribution in [2.75, 3.05) is 5.32 Å². The summed E-state index contributed by atoms with van der Waals surface area (Å²) in [5.41, 5.74) is 3.39. The van der Waals surface area contributed by atoms with Gasteiger partial charge in [0.25, 0.3) is 0 Å². The van der Waals surface area contributed by atoms with Gasteiger partial charge in [-0.3, -0.25) is 0 Å². The quantitative estimate of drug-likeness (QED) is 0.803. The second-order valence-electron chi connectivity index (χ2n) is 4.08. The lowest BCUT2D eigenvalue weighted by molar-refractivity contribution is 0.791. The molecule has 1 aromatic rings. The van der Waals surface area contributed by atoms with E-state index >= 15 is 0 Å². The normalized spacial score (nSPS) is 18.3. The monoisotopic (exact) mass is 245 g/mol. The Labute approximate surface area is 107 Å². The van der Waals surface area contributed by atoms with Gasteiger partial charge in [-0.2, -0.15) is 0 Å². The topological polar surface area (TPSA) is 12.0 Å². The van der Waals surface area contributed by atoms with E-state index in [1.54, 1.807) is 0 Å². The molecule has 0 fully saturated rings. The predicted molar refractivity (Wildman–Crippen MR) is 75.1 cm³/mol. The van der Waals surface area contributed by atoms with Gasteiger partial charge in [-0.1, -0.05) is 42.5 Å². The number of rotatable bonds is 3. The van der Waals surface area contributed by atoms with Crippen molar-refractivity contribution in [2.24, 2.45) is 0 Å². The zero-order valence-electron chi connectivity index (χ0n) is 9.75. The van der Waals surface area contributed by atoms with Crippen LogP contribution in [0.2, 0.25) is 0 Å². The van der Waals surface area contributed by atoms with Crippen LogP contribution in [0.15, 0.2) is 65.4 Å². The Morgan fingerprint density at radius 2 is 1.94 bits per heavy atom. The van der Waals surface area contributed by atoms with Crippen LogP contribution in [0.1, 0.15) is 19.3 Å². The van der Waals surface area contributed by atoms with Crippen LogP contribution in [0, 0.1) is 0 Å². The van der Waals surface area contributed by atoms with Gasteiger partial charge in [0, 0.05) is 16.9 Å². The lowest BCUT2D eigenvalue weighted by atomic mass is 9.95. The molecule has 1 nitrogen and oxygen atoms in total. The van der Waals surface area contributed by atoms with Gasteiger partial charge >= 0.3 is 0 Å². The van der Waals surface area contributed by atoms with Crippen LogP contribution in [0.4, 0.5) is 5.69 Å². The molecule has 0 radical (unpaired) electrons. The predicted octanol–water partition coefficient (Wildman–Crippen LogP) is 4.85. The van der Waals surface area contributed by atoms with E-state index in [2.05, 4.69) is 11.9 Å². The van der Waals surface area contributed by atoms with Crippen LogP contribution in [0.3, 0.4) is 0 Å². The van der Waals surface area contributed by atoms with E-state index in [1.807, 2.05) is 42.6 Å². The molecule has 1 N–H and O–H groups in total. The van der Waals surface area contributed by atoms with Gasteiger partial charge in [-0.25, -0.2) is 0 Å². The van der Waals surface area contributed by atoms with Gasteiger partial charge in [0.1, 0.15) is 0 Å². The molecule has 0 atom stereocenters. The van der Waals surface area contributed by atoms with Gasteiger partial charge in [-0.05, 0) is 42.5 Å². The van der Waals surface area contributed by atoms with Gasteiger partial charge in [-0.15, -0.1) is 0 Å². The minimum absolute atomic E-state index is 0.856. The molecule has 88 valence electrons. The highest BCUT2D eigenvalue weighted by Crippen LogP contribution is 2.32. The van der Waals surface area contributed by atoms with Gasteiger partial charge < -0.3 is 5.32 Å². The molecule has 1 aliphatic rings. The molecule has 0 saturated heterocycles. The standard InChI is InChI=1S/C15H16ClN/c1-2-12-7-6-8-13(15(12)16)11-17-14-9-4-3-5-10-14/h2-5,9-11,17H,1,6-8H2/b13-11+. The van der Waals surface area contributed by atoms with Crippen molar-refractivity contribution < 1.29 is 0 Å². The highest BCUT2D eigenvalue weighted by atomic mass is 35.5. The highest BCUT2D eigenvalue weighted by molar-refractivity contribution is 6.32. The summed E-state index contributed by atoms with van der Waals surface area (Å²) in [5, 5.41) is 4.13. The second-order valence-corrected chi connectivity index (χ2v) is 4.45. The molecule has 0 unspecified atom stereocenters. The summed E-state index contributed by atoms with van der Waals surface area (Å²) in [5.74, 6) is 0. The third kappa shape index (κ3) is 3.01. The summed E-state index contributed by atoms with van der Waals surface area (Å²) in [7, 11) is 0. The van der Waals surface area contributed by atoms with Crippen molar-refractivity contribution in [2.45, 2.75) is 19.3 Å². The first-order valence-electron chi connectivity index (χ1n) is 5.83. The van der Waals surface area contributed by atoms with E-state index in [0.29, 0.717) is 0 Å². The van der Waals surface area contributed by atoms with Crippen molar-refractivity contribution in [3.63, 3.8) is 0 Å². The van der Waals surface area contributed by atoms with Crippen molar-refractivity contribution in [3.8, 4) is 0 Å². The Morgan fingerprint density at radius 3 is 2.65 bits per heavy atom. The molecule has 1 aromatic carbocycles. The Balaban J connectivity index is 2.15. The fourth-order valence-corrected chi connectivity index (χ4v) is 2.25. The molecule has 0 saturated carbocycles. The minimum atomic E-state index is 0.856. The summed E-state index contributed by atoms with van der Waals surface area (Å²) >= 11 is 6.32. The third-order valence-electron chi connectivity index (χ3n) is 2.89. The SMILES string of the molecule is C=CC1=C(Cl)/C(=C/Nc2ccccc2)CCC1. The Morgan fingerprint density at radius 1 is 1.18 bits per heavy atom. The van der Waals surface area contributed by atoms with Gasteiger partial charge in [0.15, 0.2) is 0 Å². The highest BCUT2D eigenvalue weighted by Gasteiger charge is 2.13. The number of anilines is 1. The fourth-order valence-electron chi connectivity index (χ4n) is 1.93. The second kappa shape index (κ2) is 5.74. The average Bonchev–Trinajstić information content (AvgIpc) is 2.39. The minimum Gasteiger partial charge on any atom is -0.361 e. The van der Waals surface area contributed by atoms with Crippen molar-refractivity contribution >= 4 is 17.3 Å². The summed E-state index contributed by atoms with van der Waals surface area (Å²) in [6, 6.07) is 10.1. The zero-order chi connectivity index (χ0) is 12.1. The molecular weight excluding hydrogens is 230 g/mol. The number of hydrogen-bond donors (Lipinski definition) is 1. The van der Waals surface area contributed by atoms with E-state index in [0.717, 1.165) is 41.1 Å². The summed E-state index contributed by atoms with van der Waals surface area (Å²) in [6.45, 7) is 3.80. The molecule has 2 rings (SSSR count). The van der Waals surface area contributed by atoms with E-state index < -0.39 is 0 Å². The van der Waals surface area contributed by atoms with Crippen LogP contribution in [0.5, 0.6) is 0 Å². The molecule has 0 bridgehead atoms. The summed E-state index contributed by atoms with van der Waals surface area (Å²) < 4.78 is 0. The Bertz CT molecular complexity index is 457. The van der Waals surface area contributed by atoms with E-state index in [1.165, 1.54) is 0 Å². The third-order valence-corrected chi connectivity index (χ3v) is 3.37. The summed E-state index contributed by atoms with van der Waals surface area (Å²) in [4.78, 5) is 0. The molecule has 0 spiro atoms.